The molecule has 1 rings (SSSR count). The molecule has 0 unspecified atom stereocenters. The Bertz CT molecular complexity index is 337. The molecule has 0 radical (unpaired) electrons. The summed E-state index contributed by atoms with van der Waals surface area (Å²) < 4.78 is 2.05. The maximum Gasteiger partial charge on any atom is 0.227 e. The van der Waals surface area contributed by atoms with Crippen molar-refractivity contribution in [1.82, 2.24) is 14.8 Å². The van der Waals surface area contributed by atoms with Crippen molar-refractivity contribution in [2.24, 2.45) is 5.73 Å². The highest BCUT2D eigenvalue weighted by Crippen LogP contribution is 2.17. The summed E-state index contributed by atoms with van der Waals surface area (Å²) in [5.74, 6) is 0.888. The van der Waals surface area contributed by atoms with E-state index in [9.17, 15) is 4.79 Å². The Morgan fingerprint density at radius 2 is 2.20 bits per heavy atom. The molecule has 0 spiro atoms. The second kappa shape index (κ2) is 5.75. The molecule has 0 aliphatic heterocycles. The van der Waals surface area contributed by atoms with Crippen LogP contribution < -0.4 is 5.73 Å². The minimum Gasteiger partial charge on any atom is -0.369 e. The summed E-state index contributed by atoms with van der Waals surface area (Å²) in [6, 6.07) is 0. The number of rotatable bonds is 6. The Morgan fingerprint density at radius 1 is 1.47 bits per heavy atom. The van der Waals surface area contributed by atoms with Gasteiger partial charge in [-0.3, -0.25) is 4.79 Å². The number of nitrogens with two attached hydrogens (primary N) is 1. The van der Waals surface area contributed by atoms with Crippen molar-refractivity contribution in [3.05, 3.63) is 5.82 Å². The van der Waals surface area contributed by atoms with E-state index < -0.39 is 0 Å². The minimum absolute atomic E-state index is 0.256. The summed E-state index contributed by atoms with van der Waals surface area (Å²) >= 11 is 1.35. The summed E-state index contributed by atoms with van der Waals surface area (Å²) in [6.07, 6.45) is 1.87. The molecule has 84 valence electrons. The third-order valence-electron chi connectivity index (χ3n) is 1.90. The zero-order valence-corrected chi connectivity index (χ0v) is 9.88. The van der Waals surface area contributed by atoms with Crippen LogP contribution in [0.5, 0.6) is 0 Å². The van der Waals surface area contributed by atoms with E-state index in [0.717, 1.165) is 30.4 Å². The monoisotopic (exact) mass is 228 g/mol. The number of primary amides is 1. The maximum atomic E-state index is 10.7. The Hall–Kier alpha value is -1.04. The van der Waals surface area contributed by atoms with E-state index >= 15 is 0 Å². The van der Waals surface area contributed by atoms with Gasteiger partial charge in [-0.05, 0) is 6.42 Å². The van der Waals surface area contributed by atoms with Crippen LogP contribution in [0.1, 0.15) is 26.1 Å². The fourth-order valence-corrected chi connectivity index (χ4v) is 1.99. The van der Waals surface area contributed by atoms with Crippen LogP contribution >= 0.6 is 11.8 Å². The van der Waals surface area contributed by atoms with Gasteiger partial charge in [0.25, 0.3) is 0 Å². The number of aryl methyl sites for hydroxylation is 1. The van der Waals surface area contributed by atoms with Crippen LogP contribution in [0.4, 0.5) is 0 Å². The van der Waals surface area contributed by atoms with Crippen molar-refractivity contribution in [3.8, 4) is 0 Å². The highest BCUT2D eigenvalue weighted by atomic mass is 32.2. The molecule has 15 heavy (non-hydrogen) atoms. The zero-order valence-electron chi connectivity index (χ0n) is 9.06. The first-order valence-corrected chi connectivity index (χ1v) is 6.00. The lowest BCUT2D eigenvalue weighted by Crippen LogP contribution is -2.14. The Kier molecular flexibility index (Phi) is 4.61. The van der Waals surface area contributed by atoms with Crippen LogP contribution in [0.25, 0.3) is 0 Å². The number of hydrogen-bond acceptors (Lipinski definition) is 4. The first-order chi connectivity index (χ1) is 7.19. The molecule has 0 aromatic carbocycles. The van der Waals surface area contributed by atoms with Gasteiger partial charge in [0, 0.05) is 13.0 Å². The van der Waals surface area contributed by atoms with Crippen LogP contribution in [0.2, 0.25) is 0 Å². The summed E-state index contributed by atoms with van der Waals surface area (Å²) in [4.78, 5) is 10.7. The third-order valence-corrected chi connectivity index (χ3v) is 2.89. The fraction of sp³-hybridized carbons (Fsp3) is 0.667. The molecule has 0 aliphatic carbocycles. The molecule has 0 atom stereocenters. The van der Waals surface area contributed by atoms with Gasteiger partial charge in [-0.2, -0.15) is 0 Å². The summed E-state index contributed by atoms with van der Waals surface area (Å²) in [5, 5.41) is 8.90. The van der Waals surface area contributed by atoms with Crippen molar-refractivity contribution in [2.75, 3.05) is 5.75 Å². The second-order valence-electron chi connectivity index (χ2n) is 3.16. The van der Waals surface area contributed by atoms with Gasteiger partial charge in [-0.15, -0.1) is 10.2 Å². The second-order valence-corrected chi connectivity index (χ2v) is 4.10. The van der Waals surface area contributed by atoms with Crippen LogP contribution in [-0.2, 0) is 17.8 Å². The van der Waals surface area contributed by atoms with E-state index in [1.807, 2.05) is 11.5 Å². The molecular formula is C9H16N4OS. The third kappa shape index (κ3) is 3.23. The smallest absolute Gasteiger partial charge is 0.227 e. The van der Waals surface area contributed by atoms with Crippen LogP contribution in [0, 0.1) is 0 Å². The molecule has 0 fully saturated rings. The van der Waals surface area contributed by atoms with Gasteiger partial charge in [-0.25, -0.2) is 0 Å². The Labute approximate surface area is 93.4 Å². The van der Waals surface area contributed by atoms with E-state index in [0.29, 0.717) is 0 Å². The Morgan fingerprint density at radius 3 is 2.73 bits per heavy atom. The molecule has 0 bridgehead atoms. The molecule has 6 heteroatoms. The zero-order chi connectivity index (χ0) is 11.3. The minimum atomic E-state index is -0.330. The normalized spacial score (nSPS) is 10.5. The molecular weight excluding hydrogens is 212 g/mol. The van der Waals surface area contributed by atoms with Gasteiger partial charge in [0.15, 0.2) is 5.16 Å². The van der Waals surface area contributed by atoms with E-state index in [1.165, 1.54) is 11.8 Å². The number of hydrogen-bond donors (Lipinski definition) is 1. The predicted octanol–water partition coefficient (Wildman–Crippen LogP) is 0.828. The van der Waals surface area contributed by atoms with Gasteiger partial charge in [0.1, 0.15) is 5.82 Å². The first kappa shape index (κ1) is 12.0. The topological polar surface area (TPSA) is 73.8 Å². The maximum absolute atomic E-state index is 10.7. The van der Waals surface area contributed by atoms with Gasteiger partial charge in [0.05, 0.1) is 5.75 Å². The molecule has 1 heterocycles. The van der Waals surface area contributed by atoms with Gasteiger partial charge in [0.2, 0.25) is 5.91 Å². The van der Waals surface area contributed by atoms with Crippen molar-refractivity contribution in [1.29, 1.82) is 0 Å². The largest absolute Gasteiger partial charge is 0.369 e. The van der Waals surface area contributed by atoms with Crippen LogP contribution in [-0.4, -0.2) is 26.4 Å². The average molecular weight is 228 g/mol. The predicted molar refractivity (Wildman–Crippen MR) is 59.6 cm³/mol. The fourth-order valence-electron chi connectivity index (χ4n) is 1.27. The summed E-state index contributed by atoms with van der Waals surface area (Å²) in [6.45, 7) is 5.03. The molecule has 2 N–H and O–H groups in total. The summed E-state index contributed by atoms with van der Waals surface area (Å²) in [5.41, 5.74) is 5.09. The number of thioether (sulfide) groups is 1. The average Bonchev–Trinajstić information content (AvgIpc) is 2.58. The number of aromatic nitrogens is 3. The highest BCUT2D eigenvalue weighted by molar-refractivity contribution is 7.99. The quantitative estimate of drug-likeness (QED) is 0.732. The lowest BCUT2D eigenvalue weighted by molar-refractivity contribution is -0.115. The lowest BCUT2D eigenvalue weighted by atomic mass is 10.4. The van der Waals surface area contributed by atoms with Gasteiger partial charge < -0.3 is 10.3 Å². The molecule has 1 aromatic rings. The highest BCUT2D eigenvalue weighted by Gasteiger charge is 2.10. The molecule has 1 aromatic heterocycles. The van der Waals surface area contributed by atoms with Crippen LogP contribution in [0.3, 0.4) is 0 Å². The van der Waals surface area contributed by atoms with Gasteiger partial charge >= 0.3 is 0 Å². The molecule has 1 amide bonds. The number of amides is 1. The number of carbonyl (C=O) groups is 1. The standard InChI is InChI=1S/C9H16N4OS/c1-3-5-13-8(4-2)11-12-9(13)15-6-7(10)14/h3-6H2,1-2H3,(H2,10,14). The summed E-state index contributed by atoms with van der Waals surface area (Å²) in [7, 11) is 0. The van der Waals surface area contributed by atoms with Crippen molar-refractivity contribution in [2.45, 2.75) is 38.4 Å². The van der Waals surface area contributed by atoms with E-state index in [-0.39, 0.29) is 11.7 Å². The van der Waals surface area contributed by atoms with E-state index in [4.69, 9.17) is 5.73 Å². The van der Waals surface area contributed by atoms with E-state index in [1.54, 1.807) is 0 Å². The number of carbonyl (C=O) groups excluding carboxylic acids is 1. The SMILES string of the molecule is CCCn1c(CC)nnc1SCC(N)=O. The van der Waals surface area contributed by atoms with E-state index in [2.05, 4.69) is 17.1 Å². The molecule has 0 aliphatic rings. The molecule has 0 saturated heterocycles. The lowest BCUT2D eigenvalue weighted by Gasteiger charge is -2.06. The number of nitrogens with zero attached hydrogens (tertiary/aromatic N) is 3. The Balaban J connectivity index is 2.77. The van der Waals surface area contributed by atoms with Gasteiger partial charge in [-0.1, -0.05) is 25.6 Å². The first-order valence-electron chi connectivity index (χ1n) is 5.02. The van der Waals surface area contributed by atoms with Crippen molar-refractivity contribution in [3.63, 3.8) is 0 Å². The van der Waals surface area contributed by atoms with Crippen molar-refractivity contribution >= 4 is 17.7 Å². The van der Waals surface area contributed by atoms with Crippen molar-refractivity contribution < 1.29 is 4.79 Å². The molecule has 5 nitrogen and oxygen atoms in total. The van der Waals surface area contributed by atoms with Crippen LogP contribution in [0.15, 0.2) is 5.16 Å². The molecule has 0 saturated carbocycles.